The summed E-state index contributed by atoms with van der Waals surface area (Å²) in [5, 5.41) is 0. The highest BCUT2D eigenvalue weighted by Gasteiger charge is 2.02. The summed E-state index contributed by atoms with van der Waals surface area (Å²) in [6.45, 7) is 1.90. The molecule has 0 fully saturated rings. The van der Waals surface area contributed by atoms with E-state index in [0.717, 1.165) is 16.3 Å². The van der Waals surface area contributed by atoms with E-state index >= 15 is 0 Å². The fourth-order valence-corrected chi connectivity index (χ4v) is 2.16. The van der Waals surface area contributed by atoms with Crippen molar-refractivity contribution in [1.29, 1.82) is 0 Å². The maximum absolute atomic E-state index is 10.9. The molecule has 0 saturated carbocycles. The first-order valence-corrected chi connectivity index (χ1v) is 6.30. The molecule has 1 rings (SSSR count). The standard InChI is InChI=1S/C8H10BrNO2S/c1-6-3-7(9)5-8(4-6)10-13(2,11)12/h3-5,10H,1-2H3. The van der Waals surface area contributed by atoms with Gasteiger partial charge in [-0.1, -0.05) is 15.9 Å². The van der Waals surface area contributed by atoms with E-state index in [1.54, 1.807) is 12.1 Å². The Bertz CT molecular complexity index is 394. The Morgan fingerprint density at radius 1 is 1.31 bits per heavy atom. The zero-order chi connectivity index (χ0) is 10.1. The largest absolute Gasteiger partial charge is 0.284 e. The molecule has 0 bridgehead atoms. The van der Waals surface area contributed by atoms with Gasteiger partial charge in [-0.3, -0.25) is 4.72 Å². The van der Waals surface area contributed by atoms with Crippen LogP contribution in [0.2, 0.25) is 0 Å². The van der Waals surface area contributed by atoms with Gasteiger partial charge in [-0.2, -0.15) is 0 Å². The molecule has 0 aromatic heterocycles. The van der Waals surface area contributed by atoms with Crippen LogP contribution in [-0.2, 0) is 10.0 Å². The summed E-state index contributed by atoms with van der Waals surface area (Å²) in [6.07, 6.45) is 1.13. The minimum absolute atomic E-state index is 0.578. The maximum Gasteiger partial charge on any atom is 0.229 e. The lowest BCUT2D eigenvalue weighted by Gasteiger charge is -2.05. The number of anilines is 1. The molecule has 0 heterocycles. The fraction of sp³-hybridized carbons (Fsp3) is 0.250. The van der Waals surface area contributed by atoms with Gasteiger partial charge in [0.15, 0.2) is 0 Å². The predicted molar refractivity (Wildman–Crippen MR) is 57.3 cm³/mol. The second-order valence-corrected chi connectivity index (χ2v) is 5.56. The van der Waals surface area contributed by atoms with E-state index in [1.807, 2.05) is 13.0 Å². The van der Waals surface area contributed by atoms with Crippen molar-refractivity contribution in [3.63, 3.8) is 0 Å². The maximum atomic E-state index is 10.9. The minimum Gasteiger partial charge on any atom is -0.284 e. The molecule has 1 aromatic carbocycles. The first-order chi connectivity index (χ1) is 5.87. The van der Waals surface area contributed by atoms with E-state index in [2.05, 4.69) is 20.7 Å². The highest BCUT2D eigenvalue weighted by atomic mass is 79.9. The summed E-state index contributed by atoms with van der Waals surface area (Å²) in [4.78, 5) is 0. The van der Waals surface area contributed by atoms with Crippen molar-refractivity contribution in [2.75, 3.05) is 11.0 Å². The average Bonchev–Trinajstić information content (AvgIpc) is 1.78. The van der Waals surface area contributed by atoms with Crippen LogP contribution in [0.4, 0.5) is 5.69 Å². The Balaban J connectivity index is 3.03. The van der Waals surface area contributed by atoms with Crippen LogP contribution >= 0.6 is 15.9 Å². The smallest absolute Gasteiger partial charge is 0.229 e. The number of sulfonamides is 1. The highest BCUT2D eigenvalue weighted by molar-refractivity contribution is 9.10. The molecule has 1 N–H and O–H groups in total. The van der Waals surface area contributed by atoms with Crippen molar-refractivity contribution in [1.82, 2.24) is 0 Å². The van der Waals surface area contributed by atoms with E-state index in [0.29, 0.717) is 5.69 Å². The van der Waals surface area contributed by atoms with Gasteiger partial charge in [0.2, 0.25) is 10.0 Å². The zero-order valence-corrected chi connectivity index (χ0v) is 9.74. The molecular formula is C8H10BrNO2S. The van der Waals surface area contributed by atoms with Gasteiger partial charge in [-0.25, -0.2) is 8.42 Å². The lowest BCUT2D eigenvalue weighted by molar-refractivity contribution is 0.607. The number of nitrogens with one attached hydrogen (secondary N) is 1. The van der Waals surface area contributed by atoms with E-state index < -0.39 is 10.0 Å². The summed E-state index contributed by atoms with van der Waals surface area (Å²) in [5.41, 5.74) is 1.58. The number of rotatable bonds is 2. The van der Waals surface area contributed by atoms with Crippen LogP contribution in [0, 0.1) is 6.92 Å². The fourth-order valence-electron chi connectivity index (χ4n) is 1.01. The first-order valence-electron chi connectivity index (χ1n) is 3.62. The molecule has 0 saturated heterocycles. The molecule has 0 atom stereocenters. The van der Waals surface area contributed by atoms with E-state index in [-0.39, 0.29) is 0 Å². The van der Waals surface area contributed by atoms with Crippen LogP contribution < -0.4 is 4.72 Å². The van der Waals surface area contributed by atoms with Crippen LogP contribution in [0.5, 0.6) is 0 Å². The molecule has 3 nitrogen and oxygen atoms in total. The van der Waals surface area contributed by atoms with Crippen molar-refractivity contribution >= 4 is 31.6 Å². The molecule has 0 aliphatic heterocycles. The van der Waals surface area contributed by atoms with Crippen molar-refractivity contribution < 1.29 is 8.42 Å². The highest BCUT2D eigenvalue weighted by Crippen LogP contribution is 2.19. The normalized spacial score (nSPS) is 11.3. The van der Waals surface area contributed by atoms with Gasteiger partial charge in [0.25, 0.3) is 0 Å². The lowest BCUT2D eigenvalue weighted by atomic mass is 10.2. The summed E-state index contributed by atoms with van der Waals surface area (Å²) in [7, 11) is -3.18. The lowest BCUT2D eigenvalue weighted by Crippen LogP contribution is -2.09. The van der Waals surface area contributed by atoms with Gasteiger partial charge in [-0.15, -0.1) is 0 Å². The van der Waals surface area contributed by atoms with E-state index in [9.17, 15) is 8.42 Å². The molecule has 72 valence electrons. The summed E-state index contributed by atoms with van der Waals surface area (Å²) in [6, 6.07) is 5.40. The van der Waals surface area contributed by atoms with Crippen molar-refractivity contribution in [2.45, 2.75) is 6.92 Å². The summed E-state index contributed by atoms with van der Waals surface area (Å²) < 4.78 is 25.1. The minimum atomic E-state index is -3.18. The van der Waals surface area contributed by atoms with Crippen LogP contribution in [0.1, 0.15) is 5.56 Å². The molecule has 0 aliphatic carbocycles. The van der Waals surface area contributed by atoms with Gasteiger partial charge < -0.3 is 0 Å². The molecule has 0 amide bonds. The number of benzene rings is 1. The van der Waals surface area contributed by atoms with Crippen LogP contribution in [0.15, 0.2) is 22.7 Å². The second-order valence-electron chi connectivity index (χ2n) is 2.89. The second kappa shape index (κ2) is 3.67. The monoisotopic (exact) mass is 263 g/mol. The van der Waals surface area contributed by atoms with Crippen LogP contribution in [0.3, 0.4) is 0 Å². The number of halogens is 1. The molecule has 0 spiro atoms. The molecule has 5 heteroatoms. The third-order valence-corrected chi connectivity index (χ3v) is 2.41. The average molecular weight is 264 g/mol. The van der Waals surface area contributed by atoms with E-state index in [1.165, 1.54) is 0 Å². The molecule has 0 aliphatic rings. The van der Waals surface area contributed by atoms with Crippen LogP contribution in [-0.4, -0.2) is 14.7 Å². The van der Waals surface area contributed by atoms with Gasteiger partial charge in [0.1, 0.15) is 0 Å². The Morgan fingerprint density at radius 2 is 1.92 bits per heavy atom. The molecule has 0 radical (unpaired) electrons. The SMILES string of the molecule is Cc1cc(Br)cc(NS(C)(=O)=O)c1. The number of aryl methyl sites for hydroxylation is 1. The third kappa shape index (κ3) is 3.78. The summed E-state index contributed by atoms with van der Waals surface area (Å²) in [5.74, 6) is 0. The van der Waals surface area contributed by atoms with Crippen molar-refractivity contribution in [3.8, 4) is 0 Å². The topological polar surface area (TPSA) is 46.2 Å². The number of hydrogen-bond donors (Lipinski definition) is 1. The molecule has 0 unspecified atom stereocenters. The Labute approximate surface area is 86.3 Å². The first kappa shape index (κ1) is 10.5. The molecular weight excluding hydrogens is 254 g/mol. The van der Waals surface area contributed by atoms with E-state index in [4.69, 9.17) is 0 Å². The Hall–Kier alpha value is -0.550. The number of hydrogen-bond acceptors (Lipinski definition) is 2. The Kier molecular flexibility index (Phi) is 2.98. The zero-order valence-electron chi connectivity index (χ0n) is 7.33. The van der Waals surface area contributed by atoms with Crippen molar-refractivity contribution in [3.05, 3.63) is 28.2 Å². The molecule has 1 aromatic rings. The third-order valence-electron chi connectivity index (χ3n) is 1.35. The van der Waals surface area contributed by atoms with Gasteiger partial charge in [0, 0.05) is 10.2 Å². The van der Waals surface area contributed by atoms with Gasteiger partial charge in [-0.05, 0) is 30.7 Å². The van der Waals surface area contributed by atoms with Gasteiger partial charge in [0.05, 0.1) is 6.26 Å². The quantitative estimate of drug-likeness (QED) is 0.889. The van der Waals surface area contributed by atoms with Crippen molar-refractivity contribution in [2.24, 2.45) is 0 Å². The summed E-state index contributed by atoms with van der Waals surface area (Å²) >= 11 is 3.29. The molecule has 13 heavy (non-hydrogen) atoms. The Morgan fingerprint density at radius 3 is 2.38 bits per heavy atom. The van der Waals surface area contributed by atoms with Crippen LogP contribution in [0.25, 0.3) is 0 Å². The predicted octanol–water partition coefficient (Wildman–Crippen LogP) is 2.13. The van der Waals surface area contributed by atoms with Gasteiger partial charge >= 0.3 is 0 Å².